The monoisotopic (exact) mass is 413 g/mol. The maximum atomic E-state index is 12.8. The smallest absolute Gasteiger partial charge is 0.263 e. The number of rotatable bonds is 5. The summed E-state index contributed by atoms with van der Waals surface area (Å²) in [6.07, 6.45) is 2.51. The van der Waals surface area contributed by atoms with Gasteiger partial charge in [-0.2, -0.15) is 0 Å². The summed E-state index contributed by atoms with van der Waals surface area (Å²) >= 11 is 1.22. The van der Waals surface area contributed by atoms with Gasteiger partial charge in [0.2, 0.25) is 5.91 Å². The Labute approximate surface area is 167 Å². The van der Waals surface area contributed by atoms with Gasteiger partial charge in [-0.05, 0) is 42.7 Å². The standard InChI is InChI=1S/C20H19N3O3S2/c1-14-3-2-4-15(11-14)12-19(24)23-9-7-16-13-17(5-6-18(16)23)28(25,26)22-20-21-8-10-27-20/h2-6,8,10-11,13H,7,9,12H2,1H3,(H,21,22). The number of carbonyl (C=O) groups excluding carboxylic acids is 1. The van der Waals surface area contributed by atoms with Crippen LogP contribution in [0, 0.1) is 6.92 Å². The molecule has 0 spiro atoms. The molecule has 0 saturated heterocycles. The van der Waals surface area contributed by atoms with Gasteiger partial charge in [-0.1, -0.05) is 29.8 Å². The van der Waals surface area contributed by atoms with Crippen LogP contribution in [0.2, 0.25) is 0 Å². The molecule has 2 heterocycles. The van der Waals surface area contributed by atoms with Crippen molar-refractivity contribution in [3.8, 4) is 0 Å². The van der Waals surface area contributed by atoms with Crippen molar-refractivity contribution in [2.24, 2.45) is 0 Å². The topological polar surface area (TPSA) is 79.4 Å². The minimum atomic E-state index is -3.70. The van der Waals surface area contributed by atoms with E-state index in [0.717, 1.165) is 22.4 Å². The number of benzene rings is 2. The fraction of sp³-hybridized carbons (Fsp3) is 0.200. The number of thiazole rings is 1. The molecule has 1 N–H and O–H groups in total. The van der Waals surface area contributed by atoms with Gasteiger partial charge in [0.1, 0.15) is 0 Å². The number of hydrogen-bond donors (Lipinski definition) is 1. The van der Waals surface area contributed by atoms with E-state index in [4.69, 9.17) is 0 Å². The van der Waals surface area contributed by atoms with E-state index in [1.165, 1.54) is 17.4 Å². The first-order chi connectivity index (χ1) is 13.4. The van der Waals surface area contributed by atoms with Gasteiger partial charge in [0, 0.05) is 23.8 Å². The van der Waals surface area contributed by atoms with Crippen molar-refractivity contribution in [3.05, 3.63) is 70.7 Å². The van der Waals surface area contributed by atoms with Crippen molar-refractivity contribution in [2.45, 2.75) is 24.7 Å². The van der Waals surface area contributed by atoms with Gasteiger partial charge in [0.15, 0.2) is 5.13 Å². The first kappa shape index (κ1) is 18.6. The number of aryl methyl sites for hydroxylation is 1. The number of hydrogen-bond acceptors (Lipinski definition) is 5. The van der Waals surface area contributed by atoms with Gasteiger partial charge in [-0.25, -0.2) is 13.4 Å². The first-order valence-electron chi connectivity index (χ1n) is 8.83. The zero-order valence-electron chi connectivity index (χ0n) is 15.3. The van der Waals surface area contributed by atoms with Crippen molar-refractivity contribution >= 4 is 38.1 Å². The normalized spacial score (nSPS) is 13.4. The zero-order chi connectivity index (χ0) is 19.7. The second-order valence-electron chi connectivity index (χ2n) is 6.69. The second-order valence-corrected chi connectivity index (χ2v) is 9.27. The van der Waals surface area contributed by atoms with Crippen LogP contribution in [0.1, 0.15) is 16.7 Å². The highest BCUT2D eigenvalue weighted by atomic mass is 32.2. The van der Waals surface area contributed by atoms with Crippen LogP contribution in [-0.4, -0.2) is 25.9 Å². The number of nitrogens with zero attached hydrogens (tertiary/aromatic N) is 2. The van der Waals surface area contributed by atoms with Gasteiger partial charge >= 0.3 is 0 Å². The molecule has 8 heteroatoms. The number of fused-ring (bicyclic) bond motifs is 1. The molecule has 0 saturated carbocycles. The van der Waals surface area contributed by atoms with E-state index in [1.54, 1.807) is 28.6 Å². The highest BCUT2D eigenvalue weighted by Gasteiger charge is 2.27. The van der Waals surface area contributed by atoms with Crippen LogP contribution in [0.15, 0.2) is 58.9 Å². The van der Waals surface area contributed by atoms with Gasteiger partial charge in [0.05, 0.1) is 11.3 Å². The minimum Gasteiger partial charge on any atom is -0.312 e. The lowest BCUT2D eigenvalue weighted by molar-refractivity contribution is -0.117. The molecule has 0 unspecified atom stereocenters. The Morgan fingerprint density at radius 1 is 1.25 bits per heavy atom. The third-order valence-corrected chi connectivity index (χ3v) is 6.80. The van der Waals surface area contributed by atoms with Crippen molar-refractivity contribution in [1.82, 2.24) is 4.98 Å². The molecule has 0 atom stereocenters. The van der Waals surface area contributed by atoms with Gasteiger partial charge in [-0.15, -0.1) is 11.3 Å². The average Bonchev–Trinajstić information content (AvgIpc) is 3.30. The van der Waals surface area contributed by atoms with Crippen molar-refractivity contribution in [3.63, 3.8) is 0 Å². The van der Waals surface area contributed by atoms with E-state index >= 15 is 0 Å². The summed E-state index contributed by atoms with van der Waals surface area (Å²) in [4.78, 5) is 18.6. The summed E-state index contributed by atoms with van der Waals surface area (Å²) in [7, 11) is -3.70. The largest absolute Gasteiger partial charge is 0.312 e. The molecule has 0 aliphatic carbocycles. The Balaban J connectivity index is 1.54. The molecular weight excluding hydrogens is 394 g/mol. The minimum absolute atomic E-state index is 0.0147. The molecule has 28 heavy (non-hydrogen) atoms. The molecule has 4 rings (SSSR count). The fourth-order valence-corrected chi connectivity index (χ4v) is 5.18. The van der Waals surface area contributed by atoms with Crippen LogP contribution in [-0.2, 0) is 27.7 Å². The molecule has 1 amide bonds. The lowest BCUT2D eigenvalue weighted by Crippen LogP contribution is -2.30. The Morgan fingerprint density at radius 3 is 2.86 bits per heavy atom. The maximum Gasteiger partial charge on any atom is 0.263 e. The van der Waals surface area contributed by atoms with E-state index in [1.807, 2.05) is 31.2 Å². The zero-order valence-corrected chi connectivity index (χ0v) is 16.9. The SMILES string of the molecule is Cc1cccc(CC(=O)N2CCc3cc(S(=O)(=O)Nc4nccs4)ccc32)c1. The molecule has 2 aromatic carbocycles. The van der Waals surface area contributed by atoms with Crippen LogP contribution in [0.25, 0.3) is 0 Å². The number of nitrogens with one attached hydrogen (secondary N) is 1. The van der Waals surface area contributed by atoms with Crippen molar-refractivity contribution < 1.29 is 13.2 Å². The summed E-state index contributed by atoms with van der Waals surface area (Å²) in [5.74, 6) is 0.0147. The quantitative estimate of drug-likeness (QED) is 0.695. The van der Waals surface area contributed by atoms with Gasteiger partial charge < -0.3 is 4.90 Å². The first-order valence-corrected chi connectivity index (χ1v) is 11.2. The molecule has 6 nitrogen and oxygen atoms in total. The Bertz CT molecular complexity index is 1130. The van der Waals surface area contributed by atoms with E-state index in [-0.39, 0.29) is 10.8 Å². The number of carbonyl (C=O) groups is 1. The van der Waals surface area contributed by atoms with E-state index in [2.05, 4.69) is 9.71 Å². The van der Waals surface area contributed by atoms with Crippen LogP contribution >= 0.6 is 11.3 Å². The summed E-state index contributed by atoms with van der Waals surface area (Å²) in [6.45, 7) is 2.56. The third-order valence-electron chi connectivity index (χ3n) is 4.65. The maximum absolute atomic E-state index is 12.8. The number of amides is 1. The van der Waals surface area contributed by atoms with Gasteiger partial charge in [0.25, 0.3) is 10.0 Å². The highest BCUT2D eigenvalue weighted by Crippen LogP contribution is 2.31. The molecule has 0 radical (unpaired) electrons. The molecular formula is C20H19N3O3S2. The van der Waals surface area contributed by atoms with E-state index in [0.29, 0.717) is 24.5 Å². The Morgan fingerprint density at radius 2 is 2.11 bits per heavy atom. The van der Waals surface area contributed by atoms with E-state index in [9.17, 15) is 13.2 Å². The van der Waals surface area contributed by atoms with Crippen LogP contribution < -0.4 is 9.62 Å². The summed E-state index contributed by atoms with van der Waals surface area (Å²) in [5, 5.41) is 2.04. The van der Waals surface area contributed by atoms with Crippen LogP contribution in [0.5, 0.6) is 0 Å². The molecule has 3 aromatic rings. The second kappa shape index (κ2) is 7.37. The predicted molar refractivity (Wildman–Crippen MR) is 110 cm³/mol. The van der Waals surface area contributed by atoms with Crippen molar-refractivity contribution in [1.29, 1.82) is 0 Å². The highest BCUT2D eigenvalue weighted by molar-refractivity contribution is 7.93. The summed E-state index contributed by atoms with van der Waals surface area (Å²) in [6, 6.07) is 12.8. The third kappa shape index (κ3) is 3.79. The molecule has 0 fully saturated rings. The van der Waals surface area contributed by atoms with Crippen LogP contribution in [0.3, 0.4) is 0 Å². The lowest BCUT2D eigenvalue weighted by Gasteiger charge is -2.18. The molecule has 0 bridgehead atoms. The predicted octanol–water partition coefficient (Wildman–Crippen LogP) is 3.38. The number of sulfonamides is 1. The van der Waals surface area contributed by atoms with Gasteiger partial charge in [-0.3, -0.25) is 9.52 Å². The van der Waals surface area contributed by atoms with E-state index < -0.39 is 10.0 Å². The molecule has 1 aromatic heterocycles. The molecule has 144 valence electrons. The molecule has 1 aliphatic rings. The average molecular weight is 414 g/mol. The van der Waals surface area contributed by atoms with Crippen molar-refractivity contribution in [2.75, 3.05) is 16.2 Å². The summed E-state index contributed by atoms with van der Waals surface area (Å²) in [5.41, 5.74) is 3.74. The fourth-order valence-electron chi connectivity index (χ4n) is 3.34. The van der Waals surface area contributed by atoms with Crippen LogP contribution in [0.4, 0.5) is 10.8 Å². The summed E-state index contributed by atoms with van der Waals surface area (Å²) < 4.78 is 27.6. The number of anilines is 2. The Hall–Kier alpha value is -2.71. The lowest BCUT2D eigenvalue weighted by atomic mass is 10.1. The Kier molecular flexibility index (Phi) is 4.91. The number of aromatic nitrogens is 1. The molecule has 1 aliphatic heterocycles.